The Kier molecular flexibility index (Phi) is 4.66. The highest BCUT2D eigenvalue weighted by atomic mass is 35.5. The lowest BCUT2D eigenvalue weighted by Gasteiger charge is -2.36. The maximum atomic E-state index is 6.19. The van der Waals surface area contributed by atoms with Gasteiger partial charge in [0.25, 0.3) is 0 Å². The van der Waals surface area contributed by atoms with E-state index in [2.05, 4.69) is 19.2 Å². The fourth-order valence-electron chi connectivity index (χ4n) is 2.55. The first kappa shape index (κ1) is 15.3. The number of nitrogens with one attached hydrogen (secondary N) is 1. The van der Waals surface area contributed by atoms with Crippen molar-refractivity contribution >= 4 is 17.3 Å². The molecule has 0 saturated carbocycles. The number of rotatable bonds is 4. The van der Waals surface area contributed by atoms with Crippen LogP contribution in [-0.2, 0) is 4.74 Å². The second-order valence-corrected chi connectivity index (χ2v) is 6.04. The zero-order valence-corrected chi connectivity index (χ0v) is 13.2. The van der Waals surface area contributed by atoms with E-state index in [0.29, 0.717) is 16.8 Å². The van der Waals surface area contributed by atoms with Crippen molar-refractivity contribution in [3.8, 4) is 11.5 Å². The molecule has 0 spiro atoms. The second-order valence-electron chi connectivity index (χ2n) is 5.63. The molecule has 4 nitrogen and oxygen atoms in total. The van der Waals surface area contributed by atoms with Crippen LogP contribution in [0.2, 0.25) is 5.02 Å². The van der Waals surface area contributed by atoms with E-state index < -0.39 is 0 Å². The van der Waals surface area contributed by atoms with E-state index in [1.54, 1.807) is 20.3 Å². The van der Waals surface area contributed by atoms with Gasteiger partial charge in [0.1, 0.15) is 11.5 Å². The molecule has 0 aliphatic carbocycles. The third-order valence-electron chi connectivity index (χ3n) is 3.53. The van der Waals surface area contributed by atoms with Gasteiger partial charge in [0, 0.05) is 18.7 Å². The predicted molar refractivity (Wildman–Crippen MR) is 81.2 cm³/mol. The molecule has 0 aromatic heterocycles. The van der Waals surface area contributed by atoms with Gasteiger partial charge in [0.05, 0.1) is 30.5 Å². The summed E-state index contributed by atoms with van der Waals surface area (Å²) in [5.41, 5.74) is 0.792. The maximum Gasteiger partial charge on any atom is 0.145 e. The predicted octanol–water partition coefficient (Wildman–Crippen LogP) is 3.73. The molecule has 20 heavy (non-hydrogen) atoms. The van der Waals surface area contributed by atoms with Crippen molar-refractivity contribution in [2.45, 2.75) is 38.3 Å². The Morgan fingerprint density at radius 1 is 1.25 bits per heavy atom. The lowest BCUT2D eigenvalue weighted by Crippen LogP contribution is -2.40. The molecule has 0 bridgehead atoms. The Hall–Kier alpha value is -1.13. The number of hydrogen-bond acceptors (Lipinski definition) is 4. The van der Waals surface area contributed by atoms with Gasteiger partial charge in [-0.25, -0.2) is 0 Å². The Balaban J connectivity index is 2.18. The summed E-state index contributed by atoms with van der Waals surface area (Å²) in [5.74, 6) is 1.34. The molecule has 1 aliphatic rings. The van der Waals surface area contributed by atoms with Gasteiger partial charge in [-0.3, -0.25) is 0 Å². The number of ether oxygens (including phenoxy) is 3. The second kappa shape index (κ2) is 6.10. The van der Waals surface area contributed by atoms with Crippen LogP contribution in [0.3, 0.4) is 0 Å². The summed E-state index contributed by atoms with van der Waals surface area (Å²) in [4.78, 5) is 0. The molecular formula is C15H22ClNO3. The third kappa shape index (κ3) is 3.49. The van der Waals surface area contributed by atoms with Crippen LogP contribution in [0.25, 0.3) is 0 Å². The highest BCUT2D eigenvalue weighted by Crippen LogP contribution is 2.37. The van der Waals surface area contributed by atoms with Crippen molar-refractivity contribution < 1.29 is 14.2 Å². The average Bonchev–Trinajstić information content (AvgIpc) is 2.38. The van der Waals surface area contributed by atoms with E-state index in [9.17, 15) is 0 Å². The van der Waals surface area contributed by atoms with Crippen LogP contribution in [-0.4, -0.2) is 32.5 Å². The molecule has 2 rings (SSSR count). The van der Waals surface area contributed by atoms with E-state index in [1.807, 2.05) is 6.07 Å². The van der Waals surface area contributed by atoms with Gasteiger partial charge in [-0.15, -0.1) is 0 Å². The highest BCUT2D eigenvalue weighted by Gasteiger charge is 2.29. The fraction of sp³-hybridized carbons (Fsp3) is 0.600. The van der Waals surface area contributed by atoms with Crippen LogP contribution in [0.5, 0.6) is 11.5 Å². The smallest absolute Gasteiger partial charge is 0.145 e. The summed E-state index contributed by atoms with van der Waals surface area (Å²) in [6.45, 7) is 4.98. The first-order chi connectivity index (χ1) is 9.45. The van der Waals surface area contributed by atoms with Gasteiger partial charge in [0.2, 0.25) is 0 Å². The number of halogens is 1. The van der Waals surface area contributed by atoms with Crippen LogP contribution in [0.15, 0.2) is 12.1 Å². The van der Waals surface area contributed by atoms with Crippen LogP contribution in [0, 0.1) is 0 Å². The van der Waals surface area contributed by atoms with Crippen molar-refractivity contribution in [3.63, 3.8) is 0 Å². The quantitative estimate of drug-likeness (QED) is 0.919. The van der Waals surface area contributed by atoms with E-state index in [-0.39, 0.29) is 5.60 Å². The van der Waals surface area contributed by atoms with Crippen molar-refractivity contribution in [2.24, 2.45) is 0 Å². The molecule has 1 unspecified atom stereocenters. The van der Waals surface area contributed by atoms with E-state index in [0.717, 1.165) is 30.9 Å². The largest absolute Gasteiger partial charge is 0.495 e. The summed E-state index contributed by atoms with van der Waals surface area (Å²) in [5, 5.41) is 4.07. The molecular weight excluding hydrogens is 278 g/mol. The van der Waals surface area contributed by atoms with Gasteiger partial charge >= 0.3 is 0 Å². The molecule has 1 heterocycles. The number of anilines is 1. The van der Waals surface area contributed by atoms with E-state index in [1.165, 1.54) is 0 Å². The zero-order valence-electron chi connectivity index (χ0n) is 12.5. The van der Waals surface area contributed by atoms with Crippen LogP contribution < -0.4 is 14.8 Å². The van der Waals surface area contributed by atoms with Crippen LogP contribution in [0.4, 0.5) is 5.69 Å². The minimum Gasteiger partial charge on any atom is -0.495 e. The number of hydrogen-bond donors (Lipinski definition) is 1. The standard InChI is InChI=1S/C15H22ClNO3/c1-15(2)9-10(5-6-20-15)17-12-7-11(16)13(18-3)8-14(12)19-4/h7-8,10,17H,5-6,9H2,1-4H3. The topological polar surface area (TPSA) is 39.7 Å². The SMILES string of the molecule is COc1cc(OC)c(NC2CCOC(C)(C)C2)cc1Cl. The lowest BCUT2D eigenvalue weighted by molar-refractivity contribution is -0.0553. The third-order valence-corrected chi connectivity index (χ3v) is 3.83. The Labute approximate surface area is 125 Å². The molecule has 1 aliphatic heterocycles. The minimum absolute atomic E-state index is 0.0978. The molecule has 0 radical (unpaired) electrons. The summed E-state index contributed by atoms with van der Waals surface area (Å²) < 4.78 is 16.3. The zero-order chi connectivity index (χ0) is 14.8. The Morgan fingerprint density at radius 2 is 1.95 bits per heavy atom. The van der Waals surface area contributed by atoms with Crippen LogP contribution >= 0.6 is 11.6 Å². The Morgan fingerprint density at radius 3 is 2.55 bits per heavy atom. The first-order valence-electron chi connectivity index (χ1n) is 6.77. The summed E-state index contributed by atoms with van der Waals surface area (Å²) in [6, 6.07) is 3.99. The lowest BCUT2D eigenvalue weighted by atomic mass is 9.94. The highest BCUT2D eigenvalue weighted by molar-refractivity contribution is 6.32. The summed E-state index contributed by atoms with van der Waals surface area (Å²) in [7, 11) is 3.23. The van der Waals surface area contributed by atoms with Crippen molar-refractivity contribution in [2.75, 3.05) is 26.1 Å². The van der Waals surface area contributed by atoms with Gasteiger partial charge in [-0.2, -0.15) is 0 Å². The monoisotopic (exact) mass is 299 g/mol. The normalized spacial score (nSPS) is 21.4. The van der Waals surface area contributed by atoms with Gasteiger partial charge in [-0.1, -0.05) is 11.6 Å². The molecule has 1 aromatic rings. The van der Waals surface area contributed by atoms with Crippen molar-refractivity contribution in [3.05, 3.63) is 17.2 Å². The van der Waals surface area contributed by atoms with Gasteiger partial charge in [0.15, 0.2) is 0 Å². The van der Waals surface area contributed by atoms with E-state index in [4.69, 9.17) is 25.8 Å². The molecule has 112 valence electrons. The molecule has 1 saturated heterocycles. The number of benzene rings is 1. The Bertz CT molecular complexity index is 476. The summed E-state index contributed by atoms with van der Waals surface area (Å²) in [6.07, 6.45) is 1.91. The van der Waals surface area contributed by atoms with Crippen molar-refractivity contribution in [1.82, 2.24) is 0 Å². The molecule has 5 heteroatoms. The number of methoxy groups -OCH3 is 2. The van der Waals surface area contributed by atoms with Crippen molar-refractivity contribution in [1.29, 1.82) is 0 Å². The molecule has 1 N–H and O–H groups in total. The molecule has 0 amide bonds. The maximum absolute atomic E-state index is 6.19. The summed E-state index contributed by atoms with van der Waals surface area (Å²) >= 11 is 6.19. The molecule has 1 atom stereocenters. The molecule has 1 fully saturated rings. The average molecular weight is 300 g/mol. The fourth-order valence-corrected chi connectivity index (χ4v) is 2.79. The van der Waals surface area contributed by atoms with Crippen LogP contribution in [0.1, 0.15) is 26.7 Å². The first-order valence-corrected chi connectivity index (χ1v) is 7.15. The molecule has 1 aromatic carbocycles. The van der Waals surface area contributed by atoms with Gasteiger partial charge in [-0.05, 0) is 32.8 Å². The van der Waals surface area contributed by atoms with Gasteiger partial charge < -0.3 is 19.5 Å². The minimum atomic E-state index is -0.0978. The van der Waals surface area contributed by atoms with E-state index >= 15 is 0 Å².